The number of rotatable bonds is 5. The number of anilines is 1. The molecule has 88 valence electrons. The molecule has 0 aliphatic rings. The minimum Gasteiger partial charge on any atom is -0.481 e. The van der Waals surface area contributed by atoms with Crippen molar-refractivity contribution in [3.63, 3.8) is 0 Å². The highest BCUT2D eigenvalue weighted by Gasteiger charge is 2.18. The van der Waals surface area contributed by atoms with Crippen LogP contribution in [0.1, 0.15) is 24.0 Å². The number of nitrogens with one attached hydrogen (secondary N) is 1. The van der Waals surface area contributed by atoms with E-state index < -0.39 is 11.9 Å². The molecule has 8 nitrogen and oxygen atoms in total. The Kier molecular flexibility index (Phi) is 3.81. The topological polar surface area (TPSA) is 125 Å². The molecule has 4 N–H and O–H groups in total. The van der Waals surface area contributed by atoms with Gasteiger partial charge < -0.3 is 15.7 Å². The van der Waals surface area contributed by atoms with E-state index in [2.05, 4.69) is 15.2 Å². The van der Waals surface area contributed by atoms with Crippen LogP contribution in [0.4, 0.5) is 5.95 Å². The number of hydrogen-bond acceptors (Lipinski definition) is 5. The molecule has 0 saturated carbocycles. The molecular weight excluding hydrogens is 214 g/mol. The van der Waals surface area contributed by atoms with Gasteiger partial charge in [-0.1, -0.05) is 0 Å². The van der Waals surface area contributed by atoms with Gasteiger partial charge >= 0.3 is 5.97 Å². The third-order valence-corrected chi connectivity index (χ3v) is 1.97. The lowest BCUT2D eigenvalue weighted by atomic mass is 10.3. The lowest BCUT2D eigenvalue weighted by Crippen LogP contribution is -2.33. The molecule has 1 rings (SSSR count). The Balaban J connectivity index is 2.66. The first-order chi connectivity index (χ1) is 7.54. The summed E-state index contributed by atoms with van der Waals surface area (Å²) in [5.74, 6) is -1.36. The van der Waals surface area contributed by atoms with Crippen LogP contribution in [0.5, 0.6) is 0 Å². The van der Waals surface area contributed by atoms with E-state index in [1.54, 1.807) is 6.92 Å². The summed E-state index contributed by atoms with van der Waals surface area (Å²) in [7, 11) is 0. The summed E-state index contributed by atoms with van der Waals surface area (Å²) in [6, 6.07) is 0. The zero-order valence-electron chi connectivity index (χ0n) is 8.80. The molecule has 0 radical (unpaired) electrons. The Morgan fingerprint density at radius 3 is 2.69 bits per heavy atom. The van der Waals surface area contributed by atoms with E-state index in [4.69, 9.17) is 10.8 Å². The monoisotopic (exact) mass is 227 g/mol. The van der Waals surface area contributed by atoms with E-state index in [-0.39, 0.29) is 24.7 Å². The number of H-pyrrole nitrogens is 1. The van der Waals surface area contributed by atoms with Gasteiger partial charge in [-0.3, -0.25) is 14.7 Å². The summed E-state index contributed by atoms with van der Waals surface area (Å²) in [6.45, 7) is 2.28. The maximum Gasteiger partial charge on any atom is 0.305 e. The van der Waals surface area contributed by atoms with Crippen LogP contribution < -0.4 is 5.73 Å². The molecule has 0 unspecified atom stereocenters. The smallest absolute Gasteiger partial charge is 0.305 e. The molecule has 1 aromatic rings. The Hall–Kier alpha value is -2.12. The fourth-order valence-electron chi connectivity index (χ4n) is 1.15. The highest BCUT2D eigenvalue weighted by Crippen LogP contribution is 2.01. The van der Waals surface area contributed by atoms with Gasteiger partial charge in [0.25, 0.3) is 5.91 Å². The van der Waals surface area contributed by atoms with Crippen molar-refractivity contribution in [2.45, 2.75) is 13.3 Å². The summed E-state index contributed by atoms with van der Waals surface area (Å²) < 4.78 is 0. The fraction of sp³-hybridized carbons (Fsp3) is 0.500. The molecule has 0 saturated heterocycles. The molecule has 0 atom stereocenters. The Labute approximate surface area is 91.5 Å². The SMILES string of the molecule is CCN(CCC(=O)O)C(=O)c1nc(N)n[nH]1. The molecular formula is C8H13N5O3. The van der Waals surface area contributed by atoms with Gasteiger partial charge in [0.2, 0.25) is 11.8 Å². The van der Waals surface area contributed by atoms with E-state index in [9.17, 15) is 9.59 Å². The highest BCUT2D eigenvalue weighted by molar-refractivity contribution is 5.90. The van der Waals surface area contributed by atoms with Crippen molar-refractivity contribution in [3.05, 3.63) is 5.82 Å². The summed E-state index contributed by atoms with van der Waals surface area (Å²) in [5.41, 5.74) is 5.26. The number of aromatic amines is 1. The van der Waals surface area contributed by atoms with Crippen molar-refractivity contribution >= 4 is 17.8 Å². The van der Waals surface area contributed by atoms with Crippen molar-refractivity contribution in [2.24, 2.45) is 0 Å². The van der Waals surface area contributed by atoms with Gasteiger partial charge in [0.1, 0.15) is 0 Å². The molecule has 1 heterocycles. The van der Waals surface area contributed by atoms with Crippen LogP contribution in [0.15, 0.2) is 0 Å². The van der Waals surface area contributed by atoms with Crippen molar-refractivity contribution in [1.82, 2.24) is 20.1 Å². The van der Waals surface area contributed by atoms with Crippen molar-refractivity contribution in [1.29, 1.82) is 0 Å². The summed E-state index contributed by atoms with van der Waals surface area (Å²) in [5, 5.41) is 14.4. The van der Waals surface area contributed by atoms with Crippen LogP contribution >= 0.6 is 0 Å². The van der Waals surface area contributed by atoms with Gasteiger partial charge in [0.05, 0.1) is 6.42 Å². The number of carbonyl (C=O) groups is 2. The molecule has 0 aliphatic carbocycles. The van der Waals surface area contributed by atoms with Crippen LogP contribution in [0, 0.1) is 0 Å². The van der Waals surface area contributed by atoms with Crippen LogP contribution in [0.25, 0.3) is 0 Å². The van der Waals surface area contributed by atoms with Gasteiger partial charge in [-0.2, -0.15) is 4.98 Å². The molecule has 1 aromatic heterocycles. The number of amides is 1. The quantitative estimate of drug-likeness (QED) is 0.612. The number of aromatic nitrogens is 3. The number of nitrogens with zero attached hydrogens (tertiary/aromatic N) is 3. The number of aliphatic carboxylic acids is 1. The second-order valence-electron chi connectivity index (χ2n) is 3.07. The standard InChI is InChI=1S/C8H13N5O3/c1-2-13(4-3-5(14)15)7(16)6-10-8(9)12-11-6/h2-4H2,1H3,(H,14,15)(H3,9,10,11,12). The van der Waals surface area contributed by atoms with Crippen molar-refractivity contribution in [2.75, 3.05) is 18.8 Å². The predicted molar refractivity (Wildman–Crippen MR) is 54.6 cm³/mol. The Morgan fingerprint density at radius 2 is 2.25 bits per heavy atom. The van der Waals surface area contributed by atoms with Gasteiger partial charge in [-0.15, -0.1) is 5.10 Å². The first-order valence-electron chi connectivity index (χ1n) is 4.73. The maximum absolute atomic E-state index is 11.7. The van der Waals surface area contributed by atoms with Crippen molar-refractivity contribution < 1.29 is 14.7 Å². The van der Waals surface area contributed by atoms with Gasteiger partial charge in [0, 0.05) is 13.1 Å². The minimum absolute atomic E-state index is 0.0161. The first kappa shape index (κ1) is 12.0. The third kappa shape index (κ3) is 2.94. The highest BCUT2D eigenvalue weighted by atomic mass is 16.4. The molecule has 0 bridgehead atoms. The summed E-state index contributed by atoms with van der Waals surface area (Å²) in [4.78, 5) is 27.2. The molecule has 1 amide bonds. The summed E-state index contributed by atoms with van der Waals surface area (Å²) >= 11 is 0. The molecule has 0 aromatic carbocycles. The Bertz CT molecular complexity index is 389. The molecule has 0 fully saturated rings. The minimum atomic E-state index is -0.955. The normalized spacial score (nSPS) is 10.1. The molecule has 16 heavy (non-hydrogen) atoms. The van der Waals surface area contributed by atoms with E-state index in [0.717, 1.165) is 0 Å². The zero-order valence-corrected chi connectivity index (χ0v) is 8.80. The number of nitrogen functional groups attached to an aromatic ring is 1. The van der Waals surface area contributed by atoms with E-state index in [1.807, 2.05) is 0 Å². The van der Waals surface area contributed by atoms with Gasteiger partial charge in [-0.25, -0.2) is 0 Å². The first-order valence-corrected chi connectivity index (χ1v) is 4.73. The fourth-order valence-corrected chi connectivity index (χ4v) is 1.15. The van der Waals surface area contributed by atoms with Crippen LogP contribution in [-0.4, -0.2) is 50.2 Å². The van der Waals surface area contributed by atoms with Crippen LogP contribution in [-0.2, 0) is 4.79 Å². The predicted octanol–water partition coefficient (Wildman–Crippen LogP) is -0.676. The zero-order chi connectivity index (χ0) is 12.1. The number of nitrogens with two attached hydrogens (primary N) is 1. The van der Waals surface area contributed by atoms with E-state index in [0.29, 0.717) is 6.54 Å². The number of carboxylic acid groups (broad SMARTS) is 1. The Morgan fingerprint density at radius 1 is 1.56 bits per heavy atom. The third-order valence-electron chi connectivity index (χ3n) is 1.97. The van der Waals surface area contributed by atoms with Gasteiger partial charge in [0.15, 0.2) is 0 Å². The second kappa shape index (κ2) is 5.10. The summed E-state index contributed by atoms with van der Waals surface area (Å²) in [6.07, 6.45) is -0.108. The molecule has 0 spiro atoms. The van der Waals surface area contributed by atoms with Crippen molar-refractivity contribution in [3.8, 4) is 0 Å². The molecule has 0 aliphatic heterocycles. The van der Waals surface area contributed by atoms with Gasteiger partial charge in [-0.05, 0) is 6.92 Å². The number of carboxylic acids is 1. The lowest BCUT2D eigenvalue weighted by molar-refractivity contribution is -0.137. The molecule has 8 heteroatoms. The van der Waals surface area contributed by atoms with E-state index in [1.165, 1.54) is 4.90 Å². The number of carbonyl (C=O) groups excluding carboxylic acids is 1. The number of hydrogen-bond donors (Lipinski definition) is 3. The largest absolute Gasteiger partial charge is 0.481 e. The van der Waals surface area contributed by atoms with Crippen LogP contribution in [0.3, 0.4) is 0 Å². The average Bonchev–Trinajstić information content (AvgIpc) is 2.65. The maximum atomic E-state index is 11.7. The average molecular weight is 227 g/mol. The van der Waals surface area contributed by atoms with E-state index >= 15 is 0 Å². The van der Waals surface area contributed by atoms with Crippen LogP contribution in [0.2, 0.25) is 0 Å². The lowest BCUT2D eigenvalue weighted by Gasteiger charge is -2.17. The second-order valence-corrected chi connectivity index (χ2v) is 3.07.